The first-order valence-corrected chi connectivity index (χ1v) is 8.70. The third-order valence-corrected chi connectivity index (χ3v) is 4.57. The smallest absolute Gasteiger partial charge is 0.143 e. The third kappa shape index (κ3) is 3.45. The minimum Gasteiger partial charge on any atom is -0.310 e. The number of pyridine rings is 1. The summed E-state index contributed by atoms with van der Waals surface area (Å²) in [5.74, 6) is 0. The number of benzene rings is 2. The minimum absolute atomic E-state index is 0.265. The van der Waals surface area contributed by atoms with Gasteiger partial charge in [0.1, 0.15) is 6.33 Å². The van der Waals surface area contributed by atoms with E-state index >= 15 is 0 Å². The molecule has 2 heterocycles. The number of nitrogens with zero attached hydrogens (tertiary/aromatic N) is 5. The summed E-state index contributed by atoms with van der Waals surface area (Å²) in [7, 11) is 0. The van der Waals surface area contributed by atoms with Gasteiger partial charge in [-0.3, -0.25) is 4.98 Å². The third-order valence-electron chi connectivity index (χ3n) is 4.57. The summed E-state index contributed by atoms with van der Waals surface area (Å²) in [4.78, 5) is 4.52. The first kappa shape index (κ1) is 16.4. The van der Waals surface area contributed by atoms with E-state index in [4.69, 9.17) is 0 Å². The number of hydrogen-bond acceptors (Lipinski definition) is 5. The molecule has 0 amide bonds. The highest BCUT2D eigenvalue weighted by molar-refractivity contribution is 5.81. The molecule has 2 aromatic heterocycles. The van der Waals surface area contributed by atoms with Crippen LogP contribution in [0, 0.1) is 0 Å². The number of tetrazole rings is 1. The van der Waals surface area contributed by atoms with Crippen LogP contribution in [-0.2, 0) is 6.42 Å². The van der Waals surface area contributed by atoms with Crippen molar-refractivity contribution in [3.63, 3.8) is 0 Å². The Morgan fingerprint density at radius 3 is 2.69 bits per heavy atom. The lowest BCUT2D eigenvalue weighted by atomic mass is 10.1. The van der Waals surface area contributed by atoms with Crippen molar-refractivity contribution < 1.29 is 0 Å². The molecule has 1 atom stereocenters. The number of fused-ring (bicyclic) bond motifs is 1. The highest BCUT2D eigenvalue weighted by atomic mass is 15.5. The fraction of sp³-hybridized carbons (Fsp3) is 0.200. The average Bonchev–Trinajstić information content (AvgIpc) is 3.23. The van der Waals surface area contributed by atoms with Crippen molar-refractivity contribution in [2.75, 3.05) is 6.54 Å². The van der Waals surface area contributed by atoms with E-state index in [1.807, 2.05) is 24.4 Å². The fourth-order valence-electron chi connectivity index (χ4n) is 3.11. The van der Waals surface area contributed by atoms with E-state index in [2.05, 4.69) is 69.1 Å². The van der Waals surface area contributed by atoms with E-state index in [1.54, 1.807) is 11.0 Å². The van der Waals surface area contributed by atoms with Gasteiger partial charge < -0.3 is 5.32 Å². The minimum atomic E-state index is 0.265. The lowest BCUT2D eigenvalue weighted by Gasteiger charge is -2.15. The SMILES string of the molecule is C[C@H](NCCc1cccc2cccnc12)c1ccc(-n2cnnn2)cc1. The molecule has 0 aliphatic heterocycles. The maximum absolute atomic E-state index is 4.52. The molecule has 26 heavy (non-hydrogen) atoms. The fourth-order valence-corrected chi connectivity index (χ4v) is 3.11. The lowest BCUT2D eigenvalue weighted by molar-refractivity contribution is 0.577. The largest absolute Gasteiger partial charge is 0.310 e. The summed E-state index contributed by atoms with van der Waals surface area (Å²) in [6, 6.07) is 19.0. The predicted octanol–water partition coefficient (Wildman–Crippen LogP) is 3.10. The normalized spacial score (nSPS) is 12.3. The molecule has 4 rings (SSSR count). The van der Waals surface area contributed by atoms with E-state index in [-0.39, 0.29) is 6.04 Å². The van der Waals surface area contributed by atoms with E-state index < -0.39 is 0 Å². The van der Waals surface area contributed by atoms with Crippen LogP contribution in [0.5, 0.6) is 0 Å². The second-order valence-corrected chi connectivity index (χ2v) is 6.26. The van der Waals surface area contributed by atoms with Crippen molar-refractivity contribution in [2.24, 2.45) is 0 Å². The zero-order valence-corrected chi connectivity index (χ0v) is 14.6. The molecule has 0 fully saturated rings. The van der Waals surface area contributed by atoms with Gasteiger partial charge >= 0.3 is 0 Å². The van der Waals surface area contributed by atoms with E-state index in [9.17, 15) is 0 Å². The molecular weight excluding hydrogens is 324 g/mol. The van der Waals surface area contributed by atoms with Gasteiger partial charge in [0.15, 0.2) is 0 Å². The Kier molecular flexibility index (Phi) is 4.66. The monoisotopic (exact) mass is 344 g/mol. The van der Waals surface area contributed by atoms with Crippen LogP contribution >= 0.6 is 0 Å². The summed E-state index contributed by atoms with van der Waals surface area (Å²) in [6.07, 6.45) is 4.39. The van der Waals surface area contributed by atoms with Gasteiger partial charge in [0.25, 0.3) is 0 Å². The van der Waals surface area contributed by atoms with Crippen molar-refractivity contribution in [3.05, 3.63) is 78.2 Å². The highest BCUT2D eigenvalue weighted by Gasteiger charge is 2.07. The van der Waals surface area contributed by atoms with Crippen molar-refractivity contribution in [3.8, 4) is 5.69 Å². The molecule has 1 N–H and O–H groups in total. The van der Waals surface area contributed by atoms with Gasteiger partial charge in [-0.15, -0.1) is 5.10 Å². The van der Waals surface area contributed by atoms with Crippen molar-refractivity contribution in [1.29, 1.82) is 0 Å². The first-order chi connectivity index (χ1) is 12.8. The van der Waals surface area contributed by atoms with Gasteiger partial charge in [-0.1, -0.05) is 36.4 Å². The first-order valence-electron chi connectivity index (χ1n) is 8.70. The molecular formula is C20H20N6. The van der Waals surface area contributed by atoms with Crippen LogP contribution in [0.1, 0.15) is 24.1 Å². The summed E-state index contributed by atoms with van der Waals surface area (Å²) in [5, 5.41) is 16.0. The summed E-state index contributed by atoms with van der Waals surface area (Å²) >= 11 is 0. The number of hydrogen-bond donors (Lipinski definition) is 1. The molecule has 6 nitrogen and oxygen atoms in total. The van der Waals surface area contributed by atoms with Crippen molar-refractivity contribution in [1.82, 2.24) is 30.5 Å². The van der Waals surface area contributed by atoms with Crippen LogP contribution in [0.15, 0.2) is 67.1 Å². The summed E-state index contributed by atoms with van der Waals surface area (Å²) in [5.41, 5.74) is 4.55. The molecule has 0 bridgehead atoms. The van der Waals surface area contributed by atoms with E-state index in [0.717, 1.165) is 24.2 Å². The topological polar surface area (TPSA) is 68.5 Å². The van der Waals surface area contributed by atoms with Gasteiger partial charge in [0.05, 0.1) is 11.2 Å². The zero-order valence-electron chi connectivity index (χ0n) is 14.6. The van der Waals surface area contributed by atoms with Crippen LogP contribution < -0.4 is 5.32 Å². The Balaban J connectivity index is 1.38. The number of para-hydroxylation sites is 1. The molecule has 0 spiro atoms. The molecule has 130 valence electrons. The maximum atomic E-state index is 4.52. The molecule has 0 aliphatic rings. The second kappa shape index (κ2) is 7.41. The summed E-state index contributed by atoms with van der Waals surface area (Å²) in [6.45, 7) is 3.07. The van der Waals surface area contributed by atoms with Crippen LogP contribution in [0.2, 0.25) is 0 Å². The zero-order chi connectivity index (χ0) is 17.8. The molecule has 0 unspecified atom stereocenters. The van der Waals surface area contributed by atoms with E-state index in [0.29, 0.717) is 0 Å². The van der Waals surface area contributed by atoms with Gasteiger partial charge in [-0.05, 0) is 59.6 Å². The molecule has 0 saturated carbocycles. The molecule has 0 saturated heterocycles. The quantitative estimate of drug-likeness (QED) is 0.582. The Morgan fingerprint density at radius 2 is 1.88 bits per heavy atom. The van der Waals surface area contributed by atoms with Crippen molar-refractivity contribution in [2.45, 2.75) is 19.4 Å². The Labute approximate surface area is 151 Å². The average molecular weight is 344 g/mol. The second-order valence-electron chi connectivity index (χ2n) is 6.26. The number of aromatic nitrogens is 5. The molecule has 6 heteroatoms. The van der Waals surface area contributed by atoms with Crippen molar-refractivity contribution >= 4 is 10.9 Å². The number of nitrogens with one attached hydrogen (secondary N) is 1. The van der Waals surface area contributed by atoms with Gasteiger partial charge in [-0.25, -0.2) is 4.68 Å². The summed E-state index contributed by atoms with van der Waals surface area (Å²) < 4.78 is 1.65. The van der Waals surface area contributed by atoms with Gasteiger partial charge in [0, 0.05) is 17.6 Å². The Morgan fingerprint density at radius 1 is 1.04 bits per heavy atom. The van der Waals surface area contributed by atoms with Gasteiger partial charge in [-0.2, -0.15) is 0 Å². The van der Waals surface area contributed by atoms with E-state index in [1.165, 1.54) is 16.5 Å². The standard InChI is InChI=1S/C20H20N6/c1-15(16-7-9-19(10-8-16)26-14-23-24-25-26)21-13-11-18-5-2-4-17-6-3-12-22-20(17)18/h2-10,12,14-15,21H,11,13H2,1H3/t15-/m0/s1. The van der Waals surface area contributed by atoms with Gasteiger partial charge in [0.2, 0.25) is 0 Å². The van der Waals surface area contributed by atoms with Crippen LogP contribution in [0.4, 0.5) is 0 Å². The number of rotatable bonds is 6. The Hall–Kier alpha value is -3.12. The molecule has 4 aromatic rings. The van der Waals surface area contributed by atoms with Crippen LogP contribution in [-0.4, -0.2) is 31.7 Å². The Bertz CT molecular complexity index is 974. The highest BCUT2D eigenvalue weighted by Crippen LogP contribution is 2.18. The molecule has 0 radical (unpaired) electrons. The molecule has 2 aromatic carbocycles. The van der Waals surface area contributed by atoms with Crippen LogP contribution in [0.3, 0.4) is 0 Å². The molecule has 0 aliphatic carbocycles. The predicted molar refractivity (Wildman–Crippen MR) is 101 cm³/mol. The maximum Gasteiger partial charge on any atom is 0.143 e. The lowest BCUT2D eigenvalue weighted by Crippen LogP contribution is -2.21. The van der Waals surface area contributed by atoms with Crippen LogP contribution in [0.25, 0.3) is 16.6 Å².